The van der Waals surface area contributed by atoms with Crippen LogP contribution in [0, 0.1) is 11.8 Å². The van der Waals surface area contributed by atoms with Crippen molar-refractivity contribution in [3.05, 3.63) is 90.5 Å². The number of carbonyl (C=O) groups is 2. The van der Waals surface area contributed by atoms with E-state index in [0.29, 0.717) is 28.4 Å². The standard InChI is InChI=1S/C27H24N4O3/c1-17-23(26(33)30(28-17)20-11-5-3-6-12-20)25(19-10-9-15-22(32)16-19)24-18(2)29-31(27(24)34)21-13-7-4-8-14-21/h3-16,23-25,32H,1-2H3. The molecule has 0 bridgehead atoms. The fourth-order valence-corrected chi connectivity index (χ4v) is 4.80. The van der Waals surface area contributed by atoms with Crippen molar-refractivity contribution in [1.29, 1.82) is 0 Å². The first kappa shape index (κ1) is 21.6. The van der Waals surface area contributed by atoms with Crippen LogP contribution in [-0.2, 0) is 9.59 Å². The maximum atomic E-state index is 13.7. The van der Waals surface area contributed by atoms with E-state index in [9.17, 15) is 14.7 Å². The van der Waals surface area contributed by atoms with Crippen molar-refractivity contribution in [2.75, 3.05) is 10.0 Å². The molecule has 0 radical (unpaired) electrons. The lowest BCUT2D eigenvalue weighted by molar-refractivity contribution is -0.122. The van der Waals surface area contributed by atoms with Gasteiger partial charge in [0.2, 0.25) is 0 Å². The Bertz CT molecular complexity index is 1220. The zero-order valence-corrected chi connectivity index (χ0v) is 18.9. The topological polar surface area (TPSA) is 85.6 Å². The highest BCUT2D eigenvalue weighted by Gasteiger charge is 2.50. The molecule has 2 aliphatic heterocycles. The number of phenolic OH excluding ortho intramolecular Hbond substituents is 1. The second-order valence-electron chi connectivity index (χ2n) is 8.53. The molecule has 2 unspecified atom stereocenters. The third-order valence-electron chi connectivity index (χ3n) is 6.34. The van der Waals surface area contributed by atoms with Gasteiger partial charge in [-0.15, -0.1) is 0 Å². The molecule has 170 valence electrons. The summed E-state index contributed by atoms with van der Waals surface area (Å²) in [6.45, 7) is 3.62. The number of anilines is 2. The van der Waals surface area contributed by atoms with Crippen molar-refractivity contribution in [3.63, 3.8) is 0 Å². The van der Waals surface area contributed by atoms with E-state index in [1.807, 2.05) is 80.6 Å². The Morgan fingerprint density at radius 1 is 0.706 bits per heavy atom. The molecule has 3 aromatic rings. The first-order chi connectivity index (χ1) is 16.5. The molecule has 2 aliphatic rings. The van der Waals surface area contributed by atoms with Crippen LogP contribution in [0.4, 0.5) is 11.4 Å². The van der Waals surface area contributed by atoms with E-state index < -0.39 is 17.8 Å². The molecule has 1 N–H and O–H groups in total. The lowest BCUT2D eigenvalue weighted by Gasteiger charge is -2.28. The Labute approximate surface area is 197 Å². The van der Waals surface area contributed by atoms with Crippen LogP contribution in [0.15, 0.2) is 95.1 Å². The smallest absolute Gasteiger partial charge is 0.256 e. The first-order valence-corrected chi connectivity index (χ1v) is 11.1. The van der Waals surface area contributed by atoms with E-state index in [0.717, 1.165) is 0 Å². The number of hydrazone groups is 2. The molecule has 0 fully saturated rings. The van der Waals surface area contributed by atoms with Gasteiger partial charge in [-0.3, -0.25) is 9.59 Å². The third kappa shape index (κ3) is 3.65. The normalized spacial score (nSPS) is 21.0. The van der Waals surface area contributed by atoms with Gasteiger partial charge in [-0.05, 0) is 55.8 Å². The number of phenols is 1. The highest BCUT2D eigenvalue weighted by atomic mass is 16.3. The number of aromatic hydroxyl groups is 1. The zero-order chi connectivity index (χ0) is 23.8. The zero-order valence-electron chi connectivity index (χ0n) is 18.9. The maximum Gasteiger partial charge on any atom is 0.256 e. The molecule has 7 heteroatoms. The van der Waals surface area contributed by atoms with Crippen LogP contribution in [0.5, 0.6) is 5.75 Å². The van der Waals surface area contributed by atoms with Crippen LogP contribution in [0.2, 0.25) is 0 Å². The number of benzene rings is 3. The summed E-state index contributed by atoms with van der Waals surface area (Å²) >= 11 is 0. The van der Waals surface area contributed by atoms with Gasteiger partial charge in [0.15, 0.2) is 0 Å². The number of amides is 2. The predicted molar refractivity (Wildman–Crippen MR) is 132 cm³/mol. The van der Waals surface area contributed by atoms with E-state index >= 15 is 0 Å². The minimum Gasteiger partial charge on any atom is -0.508 e. The van der Waals surface area contributed by atoms with Crippen LogP contribution in [0.25, 0.3) is 0 Å². The summed E-state index contributed by atoms with van der Waals surface area (Å²) in [4.78, 5) is 27.4. The summed E-state index contributed by atoms with van der Waals surface area (Å²) in [7, 11) is 0. The summed E-state index contributed by atoms with van der Waals surface area (Å²) in [6.07, 6.45) is 0. The van der Waals surface area contributed by atoms with Gasteiger partial charge >= 0.3 is 0 Å². The first-order valence-electron chi connectivity index (χ1n) is 11.1. The van der Waals surface area contributed by atoms with E-state index in [4.69, 9.17) is 0 Å². The molecule has 2 amide bonds. The van der Waals surface area contributed by atoms with Crippen molar-refractivity contribution < 1.29 is 14.7 Å². The van der Waals surface area contributed by atoms with E-state index in [1.54, 1.807) is 18.2 Å². The van der Waals surface area contributed by atoms with Gasteiger partial charge in [-0.1, -0.05) is 48.5 Å². The van der Waals surface area contributed by atoms with E-state index in [2.05, 4.69) is 10.2 Å². The second-order valence-corrected chi connectivity index (χ2v) is 8.53. The molecule has 2 heterocycles. The summed E-state index contributed by atoms with van der Waals surface area (Å²) in [5, 5.41) is 22.1. The fraction of sp³-hybridized carbons (Fsp3) is 0.185. The Morgan fingerprint density at radius 3 is 1.62 bits per heavy atom. The van der Waals surface area contributed by atoms with Gasteiger partial charge in [0.1, 0.15) is 5.75 Å². The van der Waals surface area contributed by atoms with Crippen molar-refractivity contribution >= 4 is 34.6 Å². The largest absolute Gasteiger partial charge is 0.508 e. The van der Waals surface area contributed by atoms with Gasteiger partial charge in [0.25, 0.3) is 11.8 Å². The molecule has 0 saturated heterocycles. The number of para-hydroxylation sites is 2. The number of carbonyl (C=O) groups excluding carboxylic acids is 2. The van der Waals surface area contributed by atoms with Gasteiger partial charge in [0, 0.05) is 17.3 Å². The van der Waals surface area contributed by atoms with Crippen LogP contribution in [-0.4, -0.2) is 28.3 Å². The Balaban J connectivity index is 1.58. The molecule has 0 spiro atoms. The van der Waals surface area contributed by atoms with Crippen LogP contribution in [0.3, 0.4) is 0 Å². The van der Waals surface area contributed by atoms with Crippen molar-refractivity contribution in [2.24, 2.45) is 22.0 Å². The van der Waals surface area contributed by atoms with Crippen molar-refractivity contribution in [3.8, 4) is 5.75 Å². The molecule has 3 aromatic carbocycles. The molecular formula is C27H24N4O3. The van der Waals surface area contributed by atoms with Gasteiger partial charge in [-0.25, -0.2) is 10.0 Å². The molecule has 0 aliphatic carbocycles. The minimum atomic E-state index is -0.683. The molecule has 7 nitrogen and oxygen atoms in total. The molecule has 0 saturated carbocycles. The molecular weight excluding hydrogens is 428 g/mol. The van der Waals surface area contributed by atoms with Crippen molar-refractivity contribution in [1.82, 2.24) is 0 Å². The fourth-order valence-electron chi connectivity index (χ4n) is 4.80. The van der Waals surface area contributed by atoms with Gasteiger partial charge in [0.05, 0.1) is 23.2 Å². The monoisotopic (exact) mass is 452 g/mol. The SMILES string of the molecule is CC1=NN(c2ccccc2)C(=O)C1C(c1cccc(O)c1)C1C(=O)N(c2ccccc2)N=C1C. The molecule has 2 atom stereocenters. The van der Waals surface area contributed by atoms with E-state index in [1.165, 1.54) is 10.0 Å². The second kappa shape index (κ2) is 8.59. The van der Waals surface area contributed by atoms with Crippen LogP contribution < -0.4 is 10.0 Å². The number of hydrogen-bond acceptors (Lipinski definition) is 5. The molecule has 5 rings (SSSR count). The highest BCUT2D eigenvalue weighted by molar-refractivity contribution is 6.19. The van der Waals surface area contributed by atoms with Crippen LogP contribution >= 0.6 is 0 Å². The van der Waals surface area contributed by atoms with Crippen molar-refractivity contribution in [2.45, 2.75) is 19.8 Å². The van der Waals surface area contributed by atoms with Gasteiger partial charge in [-0.2, -0.15) is 10.2 Å². The summed E-state index contributed by atoms with van der Waals surface area (Å²) in [5.74, 6) is -2.30. The number of nitrogens with zero attached hydrogens (tertiary/aromatic N) is 4. The highest BCUT2D eigenvalue weighted by Crippen LogP contribution is 2.43. The van der Waals surface area contributed by atoms with Gasteiger partial charge < -0.3 is 5.11 Å². The number of hydrogen-bond donors (Lipinski definition) is 1. The maximum absolute atomic E-state index is 13.7. The average Bonchev–Trinajstić information content (AvgIpc) is 3.31. The average molecular weight is 453 g/mol. The minimum absolute atomic E-state index is 0.0717. The predicted octanol–water partition coefficient (Wildman–Crippen LogP) is 4.55. The Morgan fingerprint density at radius 2 is 1.18 bits per heavy atom. The van der Waals surface area contributed by atoms with E-state index in [-0.39, 0.29) is 17.6 Å². The quantitative estimate of drug-likeness (QED) is 0.616. The summed E-state index contributed by atoms with van der Waals surface area (Å²) in [5.41, 5.74) is 3.24. The Hall–Kier alpha value is -4.26. The summed E-state index contributed by atoms with van der Waals surface area (Å²) in [6, 6.07) is 25.2. The number of rotatable bonds is 5. The lowest BCUT2D eigenvalue weighted by Crippen LogP contribution is -2.40. The van der Waals surface area contributed by atoms with Crippen LogP contribution in [0.1, 0.15) is 25.3 Å². The molecule has 0 aromatic heterocycles. The molecule has 34 heavy (non-hydrogen) atoms. The third-order valence-corrected chi connectivity index (χ3v) is 6.34. The lowest BCUT2D eigenvalue weighted by atomic mass is 9.73. The Kier molecular flexibility index (Phi) is 5.45. The summed E-state index contributed by atoms with van der Waals surface area (Å²) < 4.78 is 0.